The molecule has 0 aliphatic heterocycles. The first-order valence-electron chi connectivity index (χ1n) is 4.71. The van der Waals surface area contributed by atoms with Crippen LogP contribution in [0.4, 0.5) is 0 Å². The molecule has 0 heterocycles. The van der Waals surface area contributed by atoms with Gasteiger partial charge >= 0.3 is 0 Å². The van der Waals surface area contributed by atoms with Crippen molar-refractivity contribution in [1.29, 1.82) is 0 Å². The SMILES string of the molecule is NC1(c2ccccc2O)CCC(=O)C1. The molecule has 1 aliphatic rings. The van der Waals surface area contributed by atoms with Crippen LogP contribution in [0.15, 0.2) is 24.3 Å². The fourth-order valence-corrected chi connectivity index (χ4v) is 2.02. The number of phenols is 1. The highest BCUT2D eigenvalue weighted by molar-refractivity contribution is 5.82. The van der Waals surface area contributed by atoms with Gasteiger partial charge in [-0.15, -0.1) is 0 Å². The maximum Gasteiger partial charge on any atom is 0.135 e. The number of Topliss-reactive ketones (excluding diaryl/α,β-unsaturated/α-hetero) is 1. The molecule has 1 saturated carbocycles. The first-order chi connectivity index (χ1) is 6.62. The minimum atomic E-state index is -0.650. The largest absolute Gasteiger partial charge is 0.508 e. The lowest BCUT2D eigenvalue weighted by Gasteiger charge is -2.23. The summed E-state index contributed by atoms with van der Waals surface area (Å²) in [5, 5.41) is 9.63. The quantitative estimate of drug-likeness (QED) is 0.703. The number of rotatable bonds is 1. The maximum absolute atomic E-state index is 11.2. The molecule has 3 nitrogen and oxygen atoms in total. The van der Waals surface area contributed by atoms with Gasteiger partial charge in [0.2, 0.25) is 0 Å². The molecular weight excluding hydrogens is 178 g/mol. The average Bonchev–Trinajstić information content (AvgIpc) is 2.48. The highest BCUT2D eigenvalue weighted by Gasteiger charge is 2.37. The minimum Gasteiger partial charge on any atom is -0.508 e. The number of benzene rings is 1. The van der Waals surface area contributed by atoms with Crippen molar-refractivity contribution >= 4 is 5.78 Å². The number of phenolic OH excluding ortho intramolecular Hbond substituents is 1. The number of hydrogen-bond acceptors (Lipinski definition) is 3. The van der Waals surface area contributed by atoms with Crippen molar-refractivity contribution in [3.8, 4) is 5.75 Å². The fourth-order valence-electron chi connectivity index (χ4n) is 2.02. The van der Waals surface area contributed by atoms with Crippen LogP contribution in [-0.4, -0.2) is 10.9 Å². The molecule has 0 radical (unpaired) electrons. The molecule has 1 aromatic carbocycles. The van der Waals surface area contributed by atoms with Crippen LogP contribution in [0.1, 0.15) is 24.8 Å². The van der Waals surface area contributed by atoms with Gasteiger partial charge in [0.15, 0.2) is 0 Å². The molecule has 1 aliphatic carbocycles. The molecular formula is C11H13NO2. The van der Waals surface area contributed by atoms with Gasteiger partial charge in [-0.1, -0.05) is 18.2 Å². The smallest absolute Gasteiger partial charge is 0.135 e. The average molecular weight is 191 g/mol. The van der Waals surface area contributed by atoms with E-state index < -0.39 is 5.54 Å². The molecule has 1 unspecified atom stereocenters. The minimum absolute atomic E-state index is 0.177. The van der Waals surface area contributed by atoms with E-state index in [1.807, 2.05) is 6.07 Å². The molecule has 1 aromatic rings. The molecule has 0 bridgehead atoms. The summed E-state index contributed by atoms with van der Waals surface area (Å²) in [4.78, 5) is 11.2. The van der Waals surface area contributed by atoms with Crippen LogP contribution < -0.4 is 5.73 Å². The highest BCUT2D eigenvalue weighted by atomic mass is 16.3. The van der Waals surface area contributed by atoms with Crippen LogP contribution in [0.2, 0.25) is 0 Å². The van der Waals surface area contributed by atoms with E-state index in [4.69, 9.17) is 5.73 Å². The van der Waals surface area contributed by atoms with Gasteiger partial charge < -0.3 is 10.8 Å². The molecule has 0 amide bonds. The third-order valence-corrected chi connectivity index (χ3v) is 2.80. The summed E-state index contributed by atoms with van der Waals surface area (Å²) >= 11 is 0. The first-order valence-corrected chi connectivity index (χ1v) is 4.71. The molecule has 2 rings (SSSR count). The predicted molar refractivity (Wildman–Crippen MR) is 52.8 cm³/mol. The predicted octanol–water partition coefficient (Wildman–Crippen LogP) is 1.30. The molecule has 1 atom stereocenters. The Morgan fingerprint density at radius 2 is 2.07 bits per heavy atom. The summed E-state index contributed by atoms with van der Waals surface area (Å²) < 4.78 is 0. The number of ketones is 1. The zero-order chi connectivity index (χ0) is 10.2. The second-order valence-corrected chi connectivity index (χ2v) is 3.89. The van der Waals surface area contributed by atoms with Crippen molar-refractivity contribution in [2.24, 2.45) is 5.73 Å². The van der Waals surface area contributed by atoms with Crippen molar-refractivity contribution in [3.05, 3.63) is 29.8 Å². The van der Waals surface area contributed by atoms with Crippen molar-refractivity contribution in [1.82, 2.24) is 0 Å². The zero-order valence-electron chi connectivity index (χ0n) is 7.86. The van der Waals surface area contributed by atoms with E-state index >= 15 is 0 Å². The maximum atomic E-state index is 11.2. The molecule has 0 saturated heterocycles. The van der Waals surface area contributed by atoms with Crippen molar-refractivity contribution in [2.75, 3.05) is 0 Å². The Morgan fingerprint density at radius 3 is 2.64 bits per heavy atom. The van der Waals surface area contributed by atoms with Gasteiger partial charge in [-0.05, 0) is 12.5 Å². The third-order valence-electron chi connectivity index (χ3n) is 2.80. The van der Waals surface area contributed by atoms with Crippen LogP contribution in [0, 0.1) is 0 Å². The Kier molecular flexibility index (Phi) is 2.04. The number of carbonyl (C=O) groups excluding carboxylic acids is 1. The molecule has 3 N–H and O–H groups in total. The monoisotopic (exact) mass is 191 g/mol. The van der Waals surface area contributed by atoms with Gasteiger partial charge in [-0.3, -0.25) is 4.79 Å². The van der Waals surface area contributed by atoms with E-state index in [2.05, 4.69) is 0 Å². The number of aromatic hydroxyl groups is 1. The Hall–Kier alpha value is -1.35. The van der Waals surface area contributed by atoms with Gasteiger partial charge in [0.25, 0.3) is 0 Å². The standard InChI is InChI=1S/C11H13NO2/c12-11(6-5-8(13)7-11)9-3-1-2-4-10(9)14/h1-4,14H,5-7,12H2. The van der Waals surface area contributed by atoms with Crippen LogP contribution in [0.3, 0.4) is 0 Å². The van der Waals surface area contributed by atoms with E-state index in [0.29, 0.717) is 24.8 Å². The van der Waals surface area contributed by atoms with Gasteiger partial charge in [0.05, 0.1) is 5.54 Å². The lowest BCUT2D eigenvalue weighted by molar-refractivity contribution is -0.117. The Morgan fingerprint density at radius 1 is 1.36 bits per heavy atom. The van der Waals surface area contributed by atoms with Crippen molar-refractivity contribution < 1.29 is 9.90 Å². The lowest BCUT2D eigenvalue weighted by atomic mass is 9.89. The van der Waals surface area contributed by atoms with Crippen molar-refractivity contribution in [2.45, 2.75) is 24.8 Å². The zero-order valence-corrected chi connectivity index (χ0v) is 7.86. The lowest BCUT2D eigenvalue weighted by Crippen LogP contribution is -2.33. The molecule has 14 heavy (non-hydrogen) atoms. The van der Waals surface area contributed by atoms with E-state index in [9.17, 15) is 9.90 Å². The fraction of sp³-hybridized carbons (Fsp3) is 0.364. The van der Waals surface area contributed by atoms with Crippen LogP contribution in [0.5, 0.6) is 5.75 Å². The molecule has 0 spiro atoms. The summed E-state index contributed by atoms with van der Waals surface area (Å²) in [5.74, 6) is 0.362. The van der Waals surface area contributed by atoms with E-state index in [1.54, 1.807) is 18.2 Å². The summed E-state index contributed by atoms with van der Waals surface area (Å²) in [6.45, 7) is 0. The Bertz CT molecular complexity index is 375. The summed E-state index contributed by atoms with van der Waals surface area (Å²) in [6.07, 6.45) is 1.48. The number of carbonyl (C=O) groups is 1. The van der Waals surface area contributed by atoms with E-state index in [1.165, 1.54) is 0 Å². The number of para-hydroxylation sites is 1. The topological polar surface area (TPSA) is 63.3 Å². The Labute approximate surface area is 82.5 Å². The van der Waals surface area contributed by atoms with Gasteiger partial charge in [0.1, 0.15) is 11.5 Å². The molecule has 1 fully saturated rings. The van der Waals surface area contributed by atoms with Crippen LogP contribution in [-0.2, 0) is 10.3 Å². The van der Waals surface area contributed by atoms with Gasteiger partial charge in [-0.2, -0.15) is 0 Å². The first kappa shape index (κ1) is 9.21. The van der Waals surface area contributed by atoms with Gasteiger partial charge in [0, 0.05) is 18.4 Å². The number of nitrogens with two attached hydrogens (primary N) is 1. The number of hydrogen-bond donors (Lipinski definition) is 2. The summed E-state index contributed by atoms with van der Waals surface area (Å²) in [7, 11) is 0. The van der Waals surface area contributed by atoms with Crippen LogP contribution >= 0.6 is 0 Å². The molecule has 0 aromatic heterocycles. The normalized spacial score (nSPS) is 26.8. The highest BCUT2D eigenvalue weighted by Crippen LogP contribution is 2.38. The van der Waals surface area contributed by atoms with E-state index in [-0.39, 0.29) is 11.5 Å². The second-order valence-electron chi connectivity index (χ2n) is 3.89. The molecule has 3 heteroatoms. The summed E-state index contributed by atoms with van der Waals surface area (Å²) in [5.41, 5.74) is 6.13. The third kappa shape index (κ3) is 1.40. The summed E-state index contributed by atoms with van der Waals surface area (Å²) in [6, 6.07) is 6.96. The van der Waals surface area contributed by atoms with E-state index in [0.717, 1.165) is 0 Å². The van der Waals surface area contributed by atoms with Crippen molar-refractivity contribution in [3.63, 3.8) is 0 Å². The second kappa shape index (κ2) is 3.10. The van der Waals surface area contributed by atoms with Crippen LogP contribution in [0.25, 0.3) is 0 Å². The molecule has 74 valence electrons. The van der Waals surface area contributed by atoms with Gasteiger partial charge in [-0.25, -0.2) is 0 Å². The Balaban J connectivity index is 2.40.